The minimum Gasteiger partial charge on any atom is -0.508 e. The van der Waals surface area contributed by atoms with E-state index in [1.807, 2.05) is 0 Å². The first-order chi connectivity index (χ1) is 8.56. The highest BCUT2D eigenvalue weighted by Crippen LogP contribution is 2.38. The number of phenolic OH excluding ortho intramolecular Hbond substituents is 1. The molecule has 0 saturated heterocycles. The van der Waals surface area contributed by atoms with E-state index in [9.17, 15) is 9.90 Å². The summed E-state index contributed by atoms with van der Waals surface area (Å²) in [6.07, 6.45) is 3.42. The van der Waals surface area contributed by atoms with E-state index in [4.69, 9.17) is 4.74 Å². The number of anilines is 1. The second kappa shape index (κ2) is 4.98. The first-order valence-electron chi connectivity index (χ1n) is 6.17. The van der Waals surface area contributed by atoms with Crippen LogP contribution in [-0.4, -0.2) is 30.8 Å². The number of nitrogens with zero attached hydrogens (tertiary/aromatic N) is 1. The summed E-state index contributed by atoms with van der Waals surface area (Å²) in [5.74, 6) is 0.180. The number of rotatable bonds is 4. The molecule has 1 N–H and O–H groups in total. The summed E-state index contributed by atoms with van der Waals surface area (Å²) >= 11 is 0. The number of hydrogen-bond donors (Lipinski definition) is 1. The van der Waals surface area contributed by atoms with Crippen molar-refractivity contribution >= 4 is 11.6 Å². The largest absolute Gasteiger partial charge is 0.508 e. The molecule has 1 fully saturated rings. The van der Waals surface area contributed by atoms with E-state index in [1.54, 1.807) is 43.3 Å². The van der Waals surface area contributed by atoms with Crippen molar-refractivity contribution in [1.82, 2.24) is 0 Å². The topological polar surface area (TPSA) is 49.8 Å². The lowest BCUT2D eigenvalue weighted by atomic mass is 9.77. The zero-order chi connectivity index (χ0) is 13.2. The van der Waals surface area contributed by atoms with Gasteiger partial charge in [-0.2, -0.15) is 0 Å². The van der Waals surface area contributed by atoms with Crippen molar-refractivity contribution < 1.29 is 14.6 Å². The Bertz CT molecular complexity index is 435. The second-order valence-electron chi connectivity index (χ2n) is 4.89. The summed E-state index contributed by atoms with van der Waals surface area (Å²) < 4.78 is 5.46. The van der Waals surface area contributed by atoms with E-state index in [1.165, 1.54) is 0 Å². The van der Waals surface area contributed by atoms with Gasteiger partial charge in [-0.05, 0) is 31.4 Å². The van der Waals surface area contributed by atoms with Crippen molar-refractivity contribution in [3.8, 4) is 5.75 Å². The highest BCUT2D eigenvalue weighted by molar-refractivity contribution is 5.93. The Morgan fingerprint density at radius 2 is 2.22 bits per heavy atom. The van der Waals surface area contributed by atoms with Gasteiger partial charge in [0.2, 0.25) is 5.91 Å². The first kappa shape index (κ1) is 12.9. The highest BCUT2D eigenvalue weighted by Gasteiger charge is 2.39. The summed E-state index contributed by atoms with van der Waals surface area (Å²) in [5, 5.41) is 9.42. The number of amides is 1. The van der Waals surface area contributed by atoms with Gasteiger partial charge < -0.3 is 14.7 Å². The Morgan fingerprint density at radius 3 is 2.72 bits per heavy atom. The normalized spacial score (nSPS) is 17.0. The van der Waals surface area contributed by atoms with Gasteiger partial charge in [0.1, 0.15) is 5.75 Å². The second-order valence-corrected chi connectivity index (χ2v) is 4.89. The molecule has 4 nitrogen and oxygen atoms in total. The summed E-state index contributed by atoms with van der Waals surface area (Å²) in [7, 11) is 3.39. The molecule has 0 unspecified atom stereocenters. The lowest BCUT2D eigenvalue weighted by Gasteiger charge is -2.40. The third kappa shape index (κ3) is 2.48. The number of ether oxygens (including phenoxy) is 1. The van der Waals surface area contributed by atoms with Crippen LogP contribution < -0.4 is 4.90 Å². The summed E-state index contributed by atoms with van der Waals surface area (Å²) in [6, 6.07) is 6.70. The van der Waals surface area contributed by atoms with Crippen molar-refractivity contribution in [3.05, 3.63) is 24.3 Å². The molecule has 1 amide bonds. The van der Waals surface area contributed by atoms with Crippen LogP contribution in [0.1, 0.15) is 25.7 Å². The molecule has 0 aromatic heterocycles. The van der Waals surface area contributed by atoms with Crippen LogP contribution in [-0.2, 0) is 9.53 Å². The number of phenols is 1. The Balaban J connectivity index is 2.05. The van der Waals surface area contributed by atoms with Crippen molar-refractivity contribution in [2.45, 2.75) is 31.3 Å². The molecule has 98 valence electrons. The molecule has 0 heterocycles. The van der Waals surface area contributed by atoms with Gasteiger partial charge >= 0.3 is 0 Å². The Labute approximate surface area is 107 Å². The number of hydrogen-bond acceptors (Lipinski definition) is 3. The monoisotopic (exact) mass is 249 g/mol. The molecule has 1 aliphatic carbocycles. The molecule has 1 aliphatic rings. The van der Waals surface area contributed by atoms with Gasteiger partial charge in [-0.15, -0.1) is 0 Å². The average Bonchev–Trinajstić information content (AvgIpc) is 2.32. The summed E-state index contributed by atoms with van der Waals surface area (Å²) in [4.78, 5) is 13.8. The van der Waals surface area contributed by atoms with Crippen molar-refractivity contribution in [2.24, 2.45) is 0 Å². The molecule has 1 aromatic carbocycles. The maximum Gasteiger partial charge on any atom is 0.229 e. The molecule has 0 radical (unpaired) electrons. The SMILES string of the molecule is COC1(CC(=O)N(C)c2cccc(O)c2)CCC1. The van der Waals surface area contributed by atoms with E-state index >= 15 is 0 Å². The summed E-state index contributed by atoms with van der Waals surface area (Å²) in [6.45, 7) is 0. The fourth-order valence-electron chi connectivity index (χ4n) is 2.26. The Morgan fingerprint density at radius 1 is 1.50 bits per heavy atom. The average molecular weight is 249 g/mol. The van der Waals surface area contributed by atoms with Crippen LogP contribution in [0.4, 0.5) is 5.69 Å². The summed E-state index contributed by atoms with van der Waals surface area (Å²) in [5.41, 5.74) is 0.438. The smallest absolute Gasteiger partial charge is 0.229 e. The van der Waals surface area contributed by atoms with Crippen LogP contribution in [0, 0.1) is 0 Å². The van der Waals surface area contributed by atoms with Gasteiger partial charge in [-0.3, -0.25) is 4.79 Å². The zero-order valence-electron chi connectivity index (χ0n) is 10.8. The third-order valence-electron chi connectivity index (χ3n) is 3.76. The number of carbonyl (C=O) groups is 1. The fourth-order valence-corrected chi connectivity index (χ4v) is 2.26. The zero-order valence-corrected chi connectivity index (χ0v) is 10.8. The lowest BCUT2D eigenvalue weighted by Crippen LogP contribution is -2.44. The maximum absolute atomic E-state index is 12.2. The van der Waals surface area contributed by atoms with Crippen LogP contribution in [0.5, 0.6) is 5.75 Å². The molecule has 2 rings (SSSR count). The van der Waals surface area contributed by atoms with E-state index in [0.29, 0.717) is 12.1 Å². The van der Waals surface area contributed by atoms with Crippen molar-refractivity contribution in [3.63, 3.8) is 0 Å². The van der Waals surface area contributed by atoms with E-state index in [2.05, 4.69) is 0 Å². The van der Waals surface area contributed by atoms with Crippen LogP contribution in [0.3, 0.4) is 0 Å². The Hall–Kier alpha value is -1.55. The number of methoxy groups -OCH3 is 1. The van der Waals surface area contributed by atoms with Gasteiger partial charge in [0, 0.05) is 25.9 Å². The highest BCUT2D eigenvalue weighted by atomic mass is 16.5. The molecular formula is C14H19NO3. The van der Waals surface area contributed by atoms with E-state index in [-0.39, 0.29) is 17.3 Å². The van der Waals surface area contributed by atoms with Gasteiger partial charge in [0.05, 0.1) is 12.0 Å². The molecule has 0 atom stereocenters. The number of aromatic hydroxyl groups is 1. The third-order valence-corrected chi connectivity index (χ3v) is 3.76. The maximum atomic E-state index is 12.2. The van der Waals surface area contributed by atoms with Gasteiger partial charge in [-0.25, -0.2) is 0 Å². The molecular weight excluding hydrogens is 230 g/mol. The molecule has 0 bridgehead atoms. The molecule has 1 saturated carbocycles. The quantitative estimate of drug-likeness (QED) is 0.890. The van der Waals surface area contributed by atoms with Crippen LogP contribution in [0.2, 0.25) is 0 Å². The lowest BCUT2D eigenvalue weighted by molar-refractivity contribution is -0.131. The van der Waals surface area contributed by atoms with Gasteiger partial charge in [0.25, 0.3) is 0 Å². The first-order valence-corrected chi connectivity index (χ1v) is 6.17. The number of carbonyl (C=O) groups excluding carboxylic acids is 1. The van der Waals surface area contributed by atoms with Crippen LogP contribution in [0.15, 0.2) is 24.3 Å². The predicted molar refractivity (Wildman–Crippen MR) is 69.7 cm³/mol. The van der Waals surface area contributed by atoms with E-state index in [0.717, 1.165) is 19.3 Å². The molecule has 18 heavy (non-hydrogen) atoms. The van der Waals surface area contributed by atoms with Gasteiger partial charge in [-0.1, -0.05) is 6.07 Å². The Kier molecular flexibility index (Phi) is 3.57. The minimum atomic E-state index is -0.262. The molecule has 0 aliphatic heterocycles. The molecule has 4 heteroatoms. The van der Waals surface area contributed by atoms with Crippen molar-refractivity contribution in [2.75, 3.05) is 19.1 Å². The molecule has 0 spiro atoms. The van der Waals surface area contributed by atoms with Crippen molar-refractivity contribution in [1.29, 1.82) is 0 Å². The van der Waals surface area contributed by atoms with Crippen LogP contribution >= 0.6 is 0 Å². The van der Waals surface area contributed by atoms with E-state index < -0.39 is 0 Å². The molecule has 1 aromatic rings. The van der Waals surface area contributed by atoms with Gasteiger partial charge in [0.15, 0.2) is 0 Å². The number of benzene rings is 1. The predicted octanol–water partition coefficient (Wildman–Crippen LogP) is 2.31. The fraction of sp³-hybridized carbons (Fsp3) is 0.500. The standard InChI is InChI=1S/C14H19NO3/c1-15(11-5-3-6-12(16)9-11)13(17)10-14(18-2)7-4-8-14/h3,5-6,9,16H,4,7-8,10H2,1-2H3. The van der Waals surface area contributed by atoms with Crippen LogP contribution in [0.25, 0.3) is 0 Å². The minimum absolute atomic E-state index is 0.0159.